The van der Waals surface area contributed by atoms with E-state index in [1.54, 1.807) is 34.4 Å². The van der Waals surface area contributed by atoms with E-state index in [4.69, 9.17) is 22.1 Å². The first kappa shape index (κ1) is 53.5. The summed E-state index contributed by atoms with van der Waals surface area (Å²) < 4.78 is 6.41. The summed E-state index contributed by atoms with van der Waals surface area (Å²) in [6.45, 7) is 20.2. The van der Waals surface area contributed by atoms with Crippen LogP contribution in [-0.4, -0.2) is 94.4 Å². The van der Waals surface area contributed by atoms with Crippen LogP contribution in [0.4, 0.5) is 0 Å². The number of nitrogens with two attached hydrogens (primary N) is 1. The number of nitrogens with zero attached hydrogens (tertiary/aromatic N) is 4. The SMILES string of the molecule is Cc1ncsc1-c1ccc(CNC(=O)[C@@H]2CCCN2C(=O)[C@@H](NC(=O)C(CCCc2ccc(C(=O)N[C@H]3C(C)(C)[C@H](Oc4ccc(C#N)c(Cl)c4)C3(C)C)cc2)CN2C(C)CCC2CN)C(C)(C)C)cc1. The van der Waals surface area contributed by atoms with Gasteiger partial charge in [-0.25, -0.2) is 4.98 Å². The number of hydrogen-bond donors (Lipinski definition) is 4. The molecule has 0 spiro atoms. The minimum absolute atomic E-state index is 0.165. The Kier molecular flexibility index (Phi) is 16.7. The monoisotopic (exact) mass is 1000 g/mol. The normalized spacial score (nSPS) is 22.5. The predicted molar refractivity (Wildman–Crippen MR) is 281 cm³/mol. The van der Waals surface area contributed by atoms with E-state index in [-0.39, 0.29) is 47.9 Å². The molecule has 7 rings (SSSR count). The summed E-state index contributed by atoms with van der Waals surface area (Å²) in [6.07, 6.45) is 5.02. The second-order valence-electron chi connectivity index (χ2n) is 22.3. The van der Waals surface area contributed by atoms with Crippen molar-refractivity contribution in [3.8, 4) is 22.3 Å². The molecule has 2 saturated heterocycles. The number of hydrogen-bond acceptors (Lipinski definition) is 10. The Morgan fingerprint density at radius 1 is 0.986 bits per heavy atom. The van der Waals surface area contributed by atoms with E-state index < -0.39 is 34.2 Å². The van der Waals surface area contributed by atoms with Gasteiger partial charge in [0.1, 0.15) is 30.0 Å². The van der Waals surface area contributed by atoms with Crippen LogP contribution in [0.1, 0.15) is 127 Å². The molecule has 5 atom stereocenters. The first-order chi connectivity index (χ1) is 33.6. The number of thiazole rings is 1. The zero-order chi connectivity index (χ0) is 51.4. The summed E-state index contributed by atoms with van der Waals surface area (Å²) in [4.78, 5) is 66.2. The quantitative estimate of drug-likeness (QED) is 0.0757. The van der Waals surface area contributed by atoms with Gasteiger partial charge in [0, 0.05) is 66.8 Å². The summed E-state index contributed by atoms with van der Waals surface area (Å²) in [7, 11) is 0. The van der Waals surface area contributed by atoms with Gasteiger partial charge < -0.3 is 31.3 Å². The van der Waals surface area contributed by atoms with Gasteiger partial charge in [-0.15, -0.1) is 11.3 Å². The molecule has 3 heterocycles. The molecule has 380 valence electrons. The van der Waals surface area contributed by atoms with Crippen LogP contribution in [0.2, 0.25) is 5.02 Å². The smallest absolute Gasteiger partial charge is 0.251 e. The van der Waals surface area contributed by atoms with Gasteiger partial charge in [-0.3, -0.25) is 24.1 Å². The van der Waals surface area contributed by atoms with Crippen molar-refractivity contribution in [2.75, 3.05) is 19.6 Å². The van der Waals surface area contributed by atoms with Crippen LogP contribution in [0.5, 0.6) is 5.75 Å². The predicted octanol–water partition coefficient (Wildman–Crippen LogP) is 8.84. The molecule has 5 N–H and O–H groups in total. The number of halogens is 1. The fourth-order valence-corrected chi connectivity index (χ4v) is 12.5. The molecular weight excluding hydrogens is 932 g/mol. The number of aromatic nitrogens is 1. The Hall–Kier alpha value is -5.33. The summed E-state index contributed by atoms with van der Waals surface area (Å²) in [5.41, 5.74) is 11.7. The molecule has 4 aromatic rings. The molecule has 2 aliphatic heterocycles. The van der Waals surface area contributed by atoms with E-state index in [1.165, 1.54) is 0 Å². The number of rotatable bonds is 18. The van der Waals surface area contributed by atoms with Gasteiger partial charge in [0.05, 0.1) is 32.6 Å². The lowest BCUT2D eigenvalue weighted by Gasteiger charge is -2.63. The first-order valence-corrected chi connectivity index (χ1v) is 26.5. The van der Waals surface area contributed by atoms with E-state index >= 15 is 0 Å². The van der Waals surface area contributed by atoms with Crippen molar-refractivity contribution in [2.45, 2.75) is 150 Å². The van der Waals surface area contributed by atoms with Crippen LogP contribution >= 0.6 is 22.9 Å². The van der Waals surface area contributed by atoms with Crippen LogP contribution in [0.3, 0.4) is 0 Å². The van der Waals surface area contributed by atoms with Crippen molar-refractivity contribution >= 4 is 46.6 Å². The fourth-order valence-electron chi connectivity index (χ4n) is 11.5. The Bertz CT molecular complexity index is 2570. The summed E-state index contributed by atoms with van der Waals surface area (Å²) in [6, 6.07) is 21.7. The number of amides is 4. The Morgan fingerprint density at radius 2 is 1.68 bits per heavy atom. The van der Waals surface area contributed by atoms with Gasteiger partial charge in [0.25, 0.3) is 5.91 Å². The number of carbonyl (C=O) groups excluding carboxylic acids is 4. The third-order valence-electron chi connectivity index (χ3n) is 15.4. The zero-order valence-corrected chi connectivity index (χ0v) is 44.5. The van der Waals surface area contributed by atoms with Gasteiger partial charge in [-0.05, 0) is 105 Å². The zero-order valence-electron chi connectivity index (χ0n) is 42.9. The molecule has 3 aromatic carbocycles. The highest BCUT2D eigenvalue weighted by molar-refractivity contribution is 7.13. The molecule has 3 unspecified atom stereocenters. The van der Waals surface area contributed by atoms with Crippen molar-refractivity contribution in [1.29, 1.82) is 5.26 Å². The number of nitrogens with one attached hydrogen (secondary N) is 3. The molecule has 13 nitrogen and oxygen atoms in total. The van der Waals surface area contributed by atoms with E-state index in [0.29, 0.717) is 80.2 Å². The molecule has 1 aromatic heterocycles. The van der Waals surface area contributed by atoms with Gasteiger partial charge in [0.2, 0.25) is 17.7 Å². The van der Waals surface area contributed by atoms with Crippen LogP contribution in [0.15, 0.2) is 72.2 Å². The average molecular weight is 1010 g/mol. The minimum atomic E-state index is -0.843. The van der Waals surface area contributed by atoms with Crippen LogP contribution in [0, 0.1) is 40.4 Å². The number of nitriles is 1. The number of ether oxygens (including phenoxy) is 1. The molecule has 0 bridgehead atoms. The Labute approximate surface area is 429 Å². The van der Waals surface area contributed by atoms with Crippen molar-refractivity contribution in [1.82, 2.24) is 30.7 Å². The van der Waals surface area contributed by atoms with Crippen LogP contribution in [0.25, 0.3) is 10.4 Å². The highest BCUT2D eigenvalue weighted by Gasteiger charge is 2.64. The lowest BCUT2D eigenvalue weighted by molar-refractivity contribution is -0.164. The second kappa shape index (κ2) is 22.2. The standard InChI is InChI=1S/C56H73ClN8O5S/c1-34-15-25-42(30-59)65(34)32-41(13-10-12-36-16-22-39(23-17-36)48(66)63-52-55(6,7)53(56(52,8)9)70-43-26-24-40(29-58)44(57)28-43)49(67)62-47(54(3,4)5)51(69)64-27-11-14-45(64)50(68)60-31-37-18-20-38(21-19-37)46-35(2)61-33-71-46/h16-24,26,28,33-34,41-42,45,47,52-53H,10-15,25,27,30-32,59H2,1-9H3,(H,60,68)(H,62,67)(H,63,66)/t34?,41?,42?,45-,47+,52-,53-/m0/s1. The first-order valence-electron chi connectivity index (χ1n) is 25.2. The molecule has 15 heteroatoms. The third-order valence-corrected chi connectivity index (χ3v) is 16.6. The average Bonchev–Trinajstić information content (AvgIpc) is 4.10. The Balaban J connectivity index is 0.965. The lowest BCUT2D eigenvalue weighted by Crippen LogP contribution is -2.74. The maximum atomic E-state index is 14.6. The van der Waals surface area contributed by atoms with Crippen LogP contribution in [-0.2, 0) is 27.3 Å². The molecule has 3 aliphatic rings. The maximum Gasteiger partial charge on any atom is 0.251 e. The van der Waals surface area contributed by atoms with Crippen molar-refractivity contribution in [3.63, 3.8) is 0 Å². The van der Waals surface area contributed by atoms with Gasteiger partial charge >= 0.3 is 0 Å². The molecule has 4 amide bonds. The molecule has 1 saturated carbocycles. The highest BCUT2D eigenvalue weighted by atomic mass is 35.5. The van der Waals surface area contributed by atoms with E-state index in [9.17, 15) is 24.4 Å². The Morgan fingerprint density at radius 3 is 2.30 bits per heavy atom. The van der Waals surface area contributed by atoms with Crippen molar-refractivity contribution in [2.24, 2.45) is 27.9 Å². The van der Waals surface area contributed by atoms with E-state index in [1.807, 2.05) is 81.7 Å². The van der Waals surface area contributed by atoms with Gasteiger partial charge in [0.15, 0.2) is 0 Å². The topological polar surface area (TPSA) is 183 Å². The molecule has 71 heavy (non-hydrogen) atoms. The van der Waals surface area contributed by atoms with Crippen molar-refractivity contribution < 1.29 is 23.9 Å². The second-order valence-corrected chi connectivity index (χ2v) is 23.5. The summed E-state index contributed by atoms with van der Waals surface area (Å²) in [5, 5.41) is 19.2. The third kappa shape index (κ3) is 12.0. The summed E-state index contributed by atoms with van der Waals surface area (Å²) >= 11 is 7.89. The van der Waals surface area contributed by atoms with E-state index in [2.05, 4.69) is 66.5 Å². The van der Waals surface area contributed by atoms with Gasteiger partial charge in [-0.2, -0.15) is 5.26 Å². The fraction of sp³-hybridized carbons (Fsp3) is 0.536. The highest BCUT2D eigenvalue weighted by Crippen LogP contribution is 2.55. The molecule has 3 fully saturated rings. The maximum absolute atomic E-state index is 14.6. The molecule has 1 aliphatic carbocycles. The van der Waals surface area contributed by atoms with Gasteiger partial charge in [-0.1, -0.05) is 96.5 Å². The number of aryl methyl sites for hydroxylation is 2. The molecule has 0 radical (unpaired) electrons. The largest absolute Gasteiger partial charge is 0.489 e. The number of carbonyl (C=O) groups is 4. The molecular formula is C56H73ClN8O5S. The van der Waals surface area contributed by atoms with Crippen LogP contribution < -0.4 is 26.4 Å². The lowest BCUT2D eigenvalue weighted by atomic mass is 9.49. The number of likely N-dealkylation sites (tertiary alicyclic amines) is 2. The minimum Gasteiger partial charge on any atom is -0.489 e. The summed E-state index contributed by atoms with van der Waals surface area (Å²) in [5.74, 6) is -0.608. The van der Waals surface area contributed by atoms with Crippen molar-refractivity contribution in [3.05, 3.63) is 105 Å². The number of benzene rings is 3. The van der Waals surface area contributed by atoms with E-state index in [0.717, 1.165) is 40.1 Å².